The molecule has 16 heavy (non-hydrogen) atoms. The van der Waals surface area contributed by atoms with Gasteiger partial charge >= 0.3 is 0 Å². The van der Waals surface area contributed by atoms with Gasteiger partial charge in [0, 0.05) is 6.04 Å². The number of nitrogens with zero attached hydrogens (tertiary/aromatic N) is 3. The number of fused-ring (bicyclic) bond motifs is 1. The Bertz CT molecular complexity index is 493. The van der Waals surface area contributed by atoms with Gasteiger partial charge in [0.15, 0.2) is 11.5 Å². The molecule has 6 heteroatoms. The number of anilines is 1. The summed E-state index contributed by atoms with van der Waals surface area (Å²) < 4.78 is 0. The van der Waals surface area contributed by atoms with Crippen LogP contribution >= 0.6 is 11.6 Å². The molecular weight excluding hydrogens is 226 g/mol. The maximum Gasteiger partial charge on any atom is 0.226 e. The highest BCUT2D eigenvalue weighted by atomic mass is 35.5. The lowest BCUT2D eigenvalue weighted by Crippen LogP contribution is -2.22. The van der Waals surface area contributed by atoms with E-state index in [2.05, 4.69) is 46.0 Å². The summed E-state index contributed by atoms with van der Waals surface area (Å²) >= 11 is 5.83. The number of aromatic nitrogens is 4. The Labute approximate surface area is 98.7 Å². The summed E-state index contributed by atoms with van der Waals surface area (Å²) in [5.41, 5.74) is 1.37. The van der Waals surface area contributed by atoms with Crippen molar-refractivity contribution >= 4 is 28.6 Å². The highest BCUT2D eigenvalue weighted by Gasteiger charge is 2.13. The van der Waals surface area contributed by atoms with Gasteiger partial charge in [0.2, 0.25) is 5.28 Å². The standard InChI is InChI=1S/C10H14ClN5/c1-5(2)6(3)14-9-7-8(13-4-12-7)15-10(11)16-9/h4-6H,1-3H3,(H2,12,13,14,15,16)/t6-/m1/s1. The van der Waals surface area contributed by atoms with Crippen LogP contribution in [0.5, 0.6) is 0 Å². The topological polar surface area (TPSA) is 66.5 Å². The van der Waals surface area contributed by atoms with Gasteiger partial charge in [-0.3, -0.25) is 0 Å². The SMILES string of the molecule is CC(C)[C@@H](C)Nc1nc(Cl)nc2[nH]cnc12. The van der Waals surface area contributed by atoms with Crippen molar-refractivity contribution in [1.29, 1.82) is 0 Å². The minimum Gasteiger partial charge on any atom is -0.365 e. The lowest BCUT2D eigenvalue weighted by Gasteiger charge is -2.18. The summed E-state index contributed by atoms with van der Waals surface area (Å²) in [6.07, 6.45) is 1.58. The van der Waals surface area contributed by atoms with Crippen LogP contribution < -0.4 is 5.32 Å². The smallest absolute Gasteiger partial charge is 0.226 e. The zero-order chi connectivity index (χ0) is 11.7. The first-order valence-electron chi connectivity index (χ1n) is 5.21. The third-order valence-corrected chi connectivity index (χ3v) is 2.79. The molecule has 1 atom stereocenters. The first-order valence-corrected chi connectivity index (χ1v) is 5.59. The molecule has 0 spiro atoms. The van der Waals surface area contributed by atoms with Crippen LogP contribution in [-0.2, 0) is 0 Å². The molecule has 0 unspecified atom stereocenters. The normalized spacial score (nSPS) is 13.3. The molecule has 2 aromatic heterocycles. The molecule has 2 heterocycles. The molecule has 0 aliphatic rings. The largest absolute Gasteiger partial charge is 0.365 e. The first kappa shape index (κ1) is 11.1. The van der Waals surface area contributed by atoms with E-state index >= 15 is 0 Å². The minimum atomic E-state index is 0.218. The zero-order valence-corrected chi connectivity index (χ0v) is 10.2. The van der Waals surface area contributed by atoms with Crippen LogP contribution in [0, 0.1) is 5.92 Å². The molecule has 2 rings (SSSR count). The molecule has 0 amide bonds. The van der Waals surface area contributed by atoms with Crippen molar-refractivity contribution in [3.05, 3.63) is 11.6 Å². The quantitative estimate of drug-likeness (QED) is 0.808. The van der Waals surface area contributed by atoms with E-state index in [-0.39, 0.29) is 5.28 Å². The Morgan fingerprint density at radius 3 is 2.75 bits per heavy atom. The van der Waals surface area contributed by atoms with Gasteiger partial charge in [-0.15, -0.1) is 0 Å². The third kappa shape index (κ3) is 2.09. The Hall–Kier alpha value is -1.36. The van der Waals surface area contributed by atoms with Crippen LogP contribution in [0.15, 0.2) is 6.33 Å². The number of halogens is 1. The predicted molar refractivity (Wildman–Crippen MR) is 64.6 cm³/mol. The summed E-state index contributed by atoms with van der Waals surface area (Å²) in [5, 5.41) is 3.51. The predicted octanol–water partition coefficient (Wildman–Crippen LogP) is 2.46. The fourth-order valence-corrected chi connectivity index (χ4v) is 1.46. The second-order valence-electron chi connectivity index (χ2n) is 4.12. The summed E-state index contributed by atoms with van der Waals surface area (Å²) in [6.45, 7) is 6.38. The van der Waals surface area contributed by atoms with E-state index in [4.69, 9.17) is 11.6 Å². The van der Waals surface area contributed by atoms with Gasteiger partial charge in [0.25, 0.3) is 0 Å². The summed E-state index contributed by atoms with van der Waals surface area (Å²) in [5.74, 6) is 1.18. The lowest BCUT2D eigenvalue weighted by molar-refractivity contribution is 0.558. The van der Waals surface area contributed by atoms with Crippen molar-refractivity contribution in [2.24, 2.45) is 5.92 Å². The number of aromatic amines is 1. The summed E-state index contributed by atoms with van der Waals surface area (Å²) in [6, 6.07) is 0.297. The van der Waals surface area contributed by atoms with Gasteiger partial charge in [0.05, 0.1) is 6.33 Å². The molecule has 0 radical (unpaired) electrons. The van der Waals surface area contributed by atoms with Crippen molar-refractivity contribution in [2.75, 3.05) is 5.32 Å². The number of nitrogens with one attached hydrogen (secondary N) is 2. The van der Waals surface area contributed by atoms with E-state index in [0.717, 1.165) is 5.52 Å². The average molecular weight is 240 g/mol. The van der Waals surface area contributed by atoms with Crippen LogP contribution in [0.4, 0.5) is 5.82 Å². The van der Waals surface area contributed by atoms with Crippen molar-refractivity contribution in [1.82, 2.24) is 19.9 Å². The second kappa shape index (κ2) is 4.25. The van der Waals surface area contributed by atoms with Crippen molar-refractivity contribution in [2.45, 2.75) is 26.8 Å². The van der Waals surface area contributed by atoms with Crippen LogP contribution in [0.2, 0.25) is 5.28 Å². The van der Waals surface area contributed by atoms with E-state index in [1.165, 1.54) is 0 Å². The fraction of sp³-hybridized carbons (Fsp3) is 0.500. The highest BCUT2D eigenvalue weighted by Crippen LogP contribution is 2.20. The number of rotatable bonds is 3. The van der Waals surface area contributed by atoms with Crippen LogP contribution in [0.1, 0.15) is 20.8 Å². The fourth-order valence-electron chi connectivity index (χ4n) is 1.29. The van der Waals surface area contributed by atoms with Crippen molar-refractivity contribution in [3.63, 3.8) is 0 Å². The lowest BCUT2D eigenvalue weighted by atomic mass is 10.1. The monoisotopic (exact) mass is 239 g/mol. The number of H-pyrrole nitrogens is 1. The maximum atomic E-state index is 5.83. The molecule has 0 saturated carbocycles. The molecule has 0 aromatic carbocycles. The maximum absolute atomic E-state index is 5.83. The van der Waals surface area contributed by atoms with E-state index in [9.17, 15) is 0 Å². The zero-order valence-electron chi connectivity index (χ0n) is 9.45. The Morgan fingerprint density at radius 2 is 2.06 bits per heavy atom. The van der Waals surface area contributed by atoms with Gasteiger partial charge in [-0.2, -0.15) is 9.97 Å². The number of hydrogen-bond donors (Lipinski definition) is 2. The van der Waals surface area contributed by atoms with Crippen LogP contribution in [-0.4, -0.2) is 26.0 Å². The second-order valence-corrected chi connectivity index (χ2v) is 4.46. The molecule has 0 aliphatic carbocycles. The summed E-state index contributed by atoms with van der Waals surface area (Å²) in [7, 11) is 0. The van der Waals surface area contributed by atoms with E-state index in [1.54, 1.807) is 6.33 Å². The number of imidazole rings is 1. The van der Waals surface area contributed by atoms with Gasteiger partial charge in [0.1, 0.15) is 5.52 Å². The molecule has 86 valence electrons. The Kier molecular flexibility index (Phi) is 2.96. The molecule has 5 nitrogen and oxygen atoms in total. The van der Waals surface area contributed by atoms with Gasteiger partial charge in [-0.25, -0.2) is 4.98 Å². The van der Waals surface area contributed by atoms with E-state index in [1.807, 2.05) is 0 Å². The van der Waals surface area contributed by atoms with Crippen molar-refractivity contribution < 1.29 is 0 Å². The van der Waals surface area contributed by atoms with Gasteiger partial charge < -0.3 is 10.3 Å². The Balaban J connectivity index is 2.39. The molecule has 0 saturated heterocycles. The highest BCUT2D eigenvalue weighted by molar-refractivity contribution is 6.28. The average Bonchev–Trinajstić information content (AvgIpc) is 2.65. The van der Waals surface area contributed by atoms with Crippen LogP contribution in [0.3, 0.4) is 0 Å². The van der Waals surface area contributed by atoms with Gasteiger partial charge in [-0.1, -0.05) is 13.8 Å². The van der Waals surface area contributed by atoms with Crippen LogP contribution in [0.25, 0.3) is 11.2 Å². The summed E-state index contributed by atoms with van der Waals surface area (Å²) in [4.78, 5) is 15.3. The molecule has 0 fully saturated rings. The molecular formula is C10H14ClN5. The Morgan fingerprint density at radius 1 is 1.31 bits per heavy atom. The first-order chi connectivity index (χ1) is 7.58. The molecule has 0 bridgehead atoms. The van der Waals surface area contributed by atoms with Gasteiger partial charge in [-0.05, 0) is 24.4 Å². The van der Waals surface area contributed by atoms with E-state index in [0.29, 0.717) is 23.4 Å². The minimum absolute atomic E-state index is 0.218. The molecule has 2 N–H and O–H groups in total. The molecule has 0 aliphatic heterocycles. The third-order valence-electron chi connectivity index (χ3n) is 2.62. The number of hydrogen-bond acceptors (Lipinski definition) is 4. The van der Waals surface area contributed by atoms with Crippen molar-refractivity contribution in [3.8, 4) is 0 Å². The van der Waals surface area contributed by atoms with E-state index < -0.39 is 0 Å². The molecule has 2 aromatic rings.